The Hall–Kier alpha value is -1.55. The van der Waals surface area contributed by atoms with Crippen LogP contribution in [-0.4, -0.2) is 11.5 Å². The van der Waals surface area contributed by atoms with Gasteiger partial charge in [0.1, 0.15) is 11.4 Å². The van der Waals surface area contributed by atoms with Crippen molar-refractivity contribution in [3.05, 3.63) is 29.3 Å². The summed E-state index contributed by atoms with van der Waals surface area (Å²) in [5, 5.41) is 3.18. The lowest BCUT2D eigenvalue weighted by Gasteiger charge is -2.40. The van der Waals surface area contributed by atoms with E-state index in [1.807, 2.05) is 26.0 Å². The van der Waals surface area contributed by atoms with E-state index in [0.29, 0.717) is 6.42 Å². The summed E-state index contributed by atoms with van der Waals surface area (Å²) < 4.78 is 6.37. The van der Waals surface area contributed by atoms with Crippen LogP contribution in [0.25, 0.3) is 0 Å². The zero-order valence-corrected chi connectivity index (χ0v) is 13.5. The number of nitrogens with one attached hydrogen (secondary N) is 1. The van der Waals surface area contributed by atoms with Crippen molar-refractivity contribution >= 4 is 5.91 Å². The molecule has 1 saturated carbocycles. The summed E-state index contributed by atoms with van der Waals surface area (Å²) in [6, 6.07) is 6.18. The van der Waals surface area contributed by atoms with Gasteiger partial charge >= 0.3 is 0 Å². The predicted molar refractivity (Wildman–Crippen MR) is 86.7 cm³/mol. The molecule has 1 heterocycles. The average Bonchev–Trinajstić information content (AvgIpc) is 2.94. The highest BCUT2D eigenvalue weighted by Gasteiger charge is 2.43. The zero-order valence-electron chi connectivity index (χ0n) is 13.5. The number of benzene rings is 1. The third-order valence-electron chi connectivity index (χ3n) is 5.01. The highest BCUT2D eigenvalue weighted by atomic mass is 16.5. The van der Waals surface area contributed by atoms with E-state index in [1.165, 1.54) is 12.8 Å². The van der Waals surface area contributed by atoms with Gasteiger partial charge in [0.05, 0.1) is 6.04 Å². The maximum absolute atomic E-state index is 11.9. The molecule has 1 fully saturated rings. The number of hydrogen-bond acceptors (Lipinski definition) is 3. The van der Waals surface area contributed by atoms with Gasteiger partial charge in [-0.15, -0.1) is 0 Å². The first-order valence-electron chi connectivity index (χ1n) is 8.41. The predicted octanol–water partition coefficient (Wildman–Crippen LogP) is 3.37. The molecule has 0 saturated heterocycles. The lowest BCUT2D eigenvalue weighted by Crippen LogP contribution is -2.43. The third-order valence-corrected chi connectivity index (χ3v) is 5.01. The quantitative estimate of drug-likeness (QED) is 0.899. The molecule has 4 heteroatoms. The Kier molecular flexibility index (Phi) is 4.13. The number of nitrogens with two attached hydrogens (primary N) is 1. The second-order valence-corrected chi connectivity index (χ2v) is 6.76. The van der Waals surface area contributed by atoms with Crippen molar-refractivity contribution < 1.29 is 9.53 Å². The summed E-state index contributed by atoms with van der Waals surface area (Å²) in [6.45, 7) is 3.86. The van der Waals surface area contributed by atoms with E-state index in [0.717, 1.165) is 36.1 Å². The molecule has 120 valence electrons. The second kappa shape index (κ2) is 5.92. The van der Waals surface area contributed by atoms with Gasteiger partial charge in [0.15, 0.2) is 0 Å². The summed E-state index contributed by atoms with van der Waals surface area (Å²) in [5.41, 5.74) is 8.08. The first kappa shape index (κ1) is 15.3. The molecule has 3 rings (SSSR count). The molecule has 1 spiro atoms. The number of hydrogen-bond donors (Lipinski definition) is 2. The van der Waals surface area contributed by atoms with Gasteiger partial charge in [-0.25, -0.2) is 0 Å². The van der Waals surface area contributed by atoms with Gasteiger partial charge in [-0.3, -0.25) is 4.79 Å². The Morgan fingerprint density at radius 2 is 2.18 bits per heavy atom. The van der Waals surface area contributed by atoms with Gasteiger partial charge in [-0.05, 0) is 50.3 Å². The molecule has 2 aliphatic rings. The lowest BCUT2D eigenvalue weighted by molar-refractivity contribution is -0.122. The molecule has 1 amide bonds. The fourth-order valence-corrected chi connectivity index (χ4v) is 3.72. The summed E-state index contributed by atoms with van der Waals surface area (Å²) in [5.74, 6) is 1.01. The molecule has 0 radical (unpaired) electrons. The van der Waals surface area contributed by atoms with E-state index in [1.54, 1.807) is 0 Å². The van der Waals surface area contributed by atoms with Gasteiger partial charge in [0, 0.05) is 24.4 Å². The fraction of sp³-hybridized carbons (Fsp3) is 0.611. The molecule has 0 bridgehead atoms. The minimum absolute atomic E-state index is 0.0183. The summed E-state index contributed by atoms with van der Waals surface area (Å²) in [6.07, 6.45) is 5.96. The molecule has 4 nitrogen and oxygen atoms in total. The van der Waals surface area contributed by atoms with Crippen molar-refractivity contribution in [3.8, 4) is 5.75 Å². The molecule has 0 aromatic heterocycles. The van der Waals surface area contributed by atoms with E-state index in [9.17, 15) is 4.79 Å². The monoisotopic (exact) mass is 302 g/mol. The van der Waals surface area contributed by atoms with E-state index in [2.05, 4.69) is 11.4 Å². The molecule has 1 aromatic rings. The molecule has 2 unspecified atom stereocenters. The maximum atomic E-state index is 11.9. The molecule has 1 aromatic carbocycles. The Labute approximate surface area is 132 Å². The van der Waals surface area contributed by atoms with Crippen LogP contribution in [0.4, 0.5) is 0 Å². The fourth-order valence-electron chi connectivity index (χ4n) is 3.72. The maximum Gasteiger partial charge on any atom is 0.220 e. The van der Waals surface area contributed by atoms with Crippen LogP contribution < -0.4 is 15.8 Å². The van der Waals surface area contributed by atoms with Crippen molar-refractivity contribution in [1.82, 2.24) is 5.32 Å². The van der Waals surface area contributed by atoms with Crippen LogP contribution in [0.3, 0.4) is 0 Å². The number of carbonyl (C=O) groups is 1. The van der Waals surface area contributed by atoms with Crippen molar-refractivity contribution in [2.24, 2.45) is 5.73 Å². The Balaban J connectivity index is 1.96. The standard InChI is InChI=1S/C18H26N2O2/c1-3-17(21)20-15-11-18(8-4-5-9-18)22-16-7-6-13(12(2)19)10-14(15)16/h6-7,10,12,15H,3-5,8-9,11,19H2,1-2H3,(H,20,21). The molecular weight excluding hydrogens is 276 g/mol. The smallest absolute Gasteiger partial charge is 0.220 e. The van der Waals surface area contributed by atoms with Gasteiger partial charge in [-0.1, -0.05) is 13.0 Å². The van der Waals surface area contributed by atoms with Crippen molar-refractivity contribution in [2.45, 2.75) is 70.1 Å². The molecule has 22 heavy (non-hydrogen) atoms. The lowest BCUT2D eigenvalue weighted by atomic mass is 9.85. The first-order chi connectivity index (χ1) is 10.5. The largest absolute Gasteiger partial charge is 0.487 e. The van der Waals surface area contributed by atoms with E-state index in [-0.39, 0.29) is 23.6 Å². The SMILES string of the molecule is CCC(=O)NC1CC2(CCCC2)Oc2ccc(C(C)N)cc21. The second-order valence-electron chi connectivity index (χ2n) is 6.76. The van der Waals surface area contributed by atoms with Crippen LogP contribution in [0.15, 0.2) is 18.2 Å². The first-order valence-corrected chi connectivity index (χ1v) is 8.41. The number of ether oxygens (including phenoxy) is 1. The minimum atomic E-state index is -0.0888. The topological polar surface area (TPSA) is 64.3 Å². The average molecular weight is 302 g/mol. The van der Waals surface area contributed by atoms with Gasteiger partial charge in [0.2, 0.25) is 5.91 Å². The number of fused-ring (bicyclic) bond motifs is 1. The van der Waals surface area contributed by atoms with E-state index < -0.39 is 0 Å². The Morgan fingerprint density at radius 1 is 1.45 bits per heavy atom. The van der Waals surface area contributed by atoms with Crippen molar-refractivity contribution in [3.63, 3.8) is 0 Å². The molecule has 2 atom stereocenters. The summed E-state index contributed by atoms with van der Waals surface area (Å²) >= 11 is 0. The highest BCUT2D eigenvalue weighted by Crippen LogP contribution is 2.47. The molecule has 1 aliphatic carbocycles. The van der Waals surface area contributed by atoms with Crippen LogP contribution >= 0.6 is 0 Å². The van der Waals surface area contributed by atoms with Crippen LogP contribution in [0.5, 0.6) is 5.75 Å². The summed E-state index contributed by atoms with van der Waals surface area (Å²) in [7, 11) is 0. The number of carbonyl (C=O) groups excluding carboxylic acids is 1. The van der Waals surface area contributed by atoms with Crippen LogP contribution in [0, 0.1) is 0 Å². The number of rotatable bonds is 3. The van der Waals surface area contributed by atoms with Gasteiger partial charge in [-0.2, -0.15) is 0 Å². The summed E-state index contributed by atoms with van der Waals surface area (Å²) in [4.78, 5) is 11.9. The third kappa shape index (κ3) is 2.84. The zero-order chi connectivity index (χ0) is 15.7. The highest BCUT2D eigenvalue weighted by molar-refractivity contribution is 5.76. The van der Waals surface area contributed by atoms with Crippen molar-refractivity contribution in [2.75, 3.05) is 0 Å². The van der Waals surface area contributed by atoms with E-state index >= 15 is 0 Å². The van der Waals surface area contributed by atoms with Crippen molar-refractivity contribution in [1.29, 1.82) is 0 Å². The molecule has 3 N–H and O–H groups in total. The normalized spacial score (nSPS) is 23.7. The Morgan fingerprint density at radius 3 is 2.82 bits per heavy atom. The number of amides is 1. The molecule has 1 aliphatic heterocycles. The van der Waals surface area contributed by atoms with E-state index in [4.69, 9.17) is 10.5 Å². The van der Waals surface area contributed by atoms with Crippen LogP contribution in [0.1, 0.15) is 75.6 Å². The van der Waals surface area contributed by atoms with Gasteiger partial charge in [0.25, 0.3) is 0 Å². The van der Waals surface area contributed by atoms with Crippen LogP contribution in [0.2, 0.25) is 0 Å². The van der Waals surface area contributed by atoms with Gasteiger partial charge < -0.3 is 15.8 Å². The molecular formula is C18H26N2O2. The van der Waals surface area contributed by atoms with Crippen LogP contribution in [-0.2, 0) is 4.79 Å². The minimum Gasteiger partial charge on any atom is -0.487 e. The Bertz CT molecular complexity index is 562.